The zero-order valence-electron chi connectivity index (χ0n) is 11.0. The van der Waals surface area contributed by atoms with Gasteiger partial charge in [-0.2, -0.15) is 0 Å². The Morgan fingerprint density at radius 2 is 2.21 bits per heavy atom. The van der Waals surface area contributed by atoms with E-state index in [9.17, 15) is 4.79 Å². The molecule has 1 aromatic heterocycles. The summed E-state index contributed by atoms with van der Waals surface area (Å²) in [5.41, 5.74) is 1.17. The second kappa shape index (κ2) is 8.47. The first-order valence-electron chi connectivity index (χ1n) is 6.27. The first-order chi connectivity index (χ1) is 8.79. The highest BCUT2D eigenvalue weighted by molar-refractivity contribution is 7.15. The Kier molecular flexibility index (Phi) is 7.30. The number of thiazole rings is 1. The van der Waals surface area contributed by atoms with E-state index in [1.54, 1.807) is 18.4 Å². The number of carbonyl (C=O) groups is 1. The summed E-state index contributed by atoms with van der Waals surface area (Å²) in [5, 5.41) is 6.59. The van der Waals surface area contributed by atoms with Crippen LogP contribution in [0.5, 0.6) is 0 Å². The van der Waals surface area contributed by atoms with Crippen molar-refractivity contribution in [1.29, 1.82) is 0 Å². The van der Waals surface area contributed by atoms with E-state index >= 15 is 0 Å². The number of amides is 1. The van der Waals surface area contributed by atoms with Gasteiger partial charge in [-0.05, 0) is 25.7 Å². The Morgan fingerprint density at radius 3 is 2.95 bits per heavy atom. The summed E-state index contributed by atoms with van der Waals surface area (Å²) in [7, 11) is 1.64. The van der Waals surface area contributed by atoms with Crippen LogP contribution in [0.1, 0.15) is 23.4 Å². The van der Waals surface area contributed by atoms with Crippen molar-refractivity contribution in [3.8, 4) is 0 Å². The van der Waals surface area contributed by atoms with Crippen LogP contribution in [0.3, 0.4) is 0 Å². The van der Waals surface area contributed by atoms with Gasteiger partial charge in [-0.1, -0.05) is 0 Å². The van der Waals surface area contributed by atoms with Crippen molar-refractivity contribution in [1.82, 2.24) is 10.3 Å². The van der Waals surface area contributed by atoms with Crippen LogP contribution in [-0.2, 0) is 22.4 Å². The molecule has 108 valence electrons. The van der Waals surface area contributed by atoms with Crippen LogP contribution in [0.15, 0.2) is 0 Å². The zero-order valence-corrected chi connectivity index (χ0v) is 12.7. The van der Waals surface area contributed by atoms with Crippen molar-refractivity contribution >= 4 is 34.8 Å². The Labute approximate surface area is 123 Å². The molecular weight excluding hydrogens is 286 g/mol. The summed E-state index contributed by atoms with van der Waals surface area (Å²) in [5.74, 6) is -0.0443. The van der Waals surface area contributed by atoms with Gasteiger partial charge < -0.3 is 15.4 Å². The molecular formula is C12H20ClN3O2S. The van der Waals surface area contributed by atoms with Gasteiger partial charge in [0, 0.05) is 18.5 Å². The average Bonchev–Trinajstić information content (AvgIpc) is 2.76. The molecule has 1 aliphatic carbocycles. The molecule has 1 aromatic rings. The third kappa shape index (κ3) is 5.06. The molecule has 2 rings (SSSR count). The summed E-state index contributed by atoms with van der Waals surface area (Å²) >= 11 is 1.61. The lowest BCUT2D eigenvalue weighted by molar-refractivity contribution is -0.115. The van der Waals surface area contributed by atoms with Gasteiger partial charge in [0.1, 0.15) is 0 Å². The van der Waals surface area contributed by atoms with Crippen molar-refractivity contribution in [2.75, 3.05) is 32.1 Å². The molecule has 1 aliphatic rings. The highest BCUT2D eigenvalue weighted by atomic mass is 35.5. The molecule has 7 heteroatoms. The molecule has 2 N–H and O–H groups in total. The lowest BCUT2D eigenvalue weighted by Gasteiger charge is -2.06. The van der Waals surface area contributed by atoms with Crippen molar-refractivity contribution in [3.63, 3.8) is 0 Å². The number of anilines is 1. The first-order valence-corrected chi connectivity index (χ1v) is 7.09. The number of aryl methyl sites for hydroxylation is 2. The molecule has 1 amide bonds. The summed E-state index contributed by atoms with van der Waals surface area (Å²) in [4.78, 5) is 17.4. The highest BCUT2D eigenvalue weighted by Gasteiger charge is 2.15. The van der Waals surface area contributed by atoms with E-state index in [1.165, 1.54) is 23.4 Å². The van der Waals surface area contributed by atoms with Gasteiger partial charge in [-0.25, -0.2) is 4.98 Å². The molecule has 0 unspecified atom stereocenters. The van der Waals surface area contributed by atoms with E-state index in [1.807, 2.05) is 0 Å². The summed E-state index contributed by atoms with van der Waals surface area (Å²) < 4.78 is 4.89. The van der Waals surface area contributed by atoms with E-state index < -0.39 is 0 Å². The second-order valence-electron chi connectivity index (χ2n) is 4.31. The van der Waals surface area contributed by atoms with Crippen LogP contribution >= 0.6 is 23.7 Å². The van der Waals surface area contributed by atoms with E-state index in [2.05, 4.69) is 15.6 Å². The molecule has 1 heterocycles. The second-order valence-corrected chi connectivity index (χ2v) is 5.40. The van der Waals surface area contributed by atoms with Gasteiger partial charge in [0.05, 0.1) is 18.8 Å². The number of nitrogens with zero attached hydrogens (tertiary/aromatic N) is 1. The van der Waals surface area contributed by atoms with Gasteiger partial charge in [-0.15, -0.1) is 23.7 Å². The molecule has 0 aliphatic heterocycles. The fourth-order valence-corrected chi connectivity index (χ4v) is 3.01. The monoisotopic (exact) mass is 305 g/mol. The Balaban J connectivity index is 0.00000180. The number of hydrogen-bond acceptors (Lipinski definition) is 5. The van der Waals surface area contributed by atoms with E-state index in [4.69, 9.17) is 4.74 Å². The number of aromatic nitrogens is 1. The summed E-state index contributed by atoms with van der Waals surface area (Å²) in [6.07, 6.45) is 4.60. The standard InChI is InChI=1S/C12H19N3O2S.ClH/c1-17-7-6-13-8-11(16)15-12-14-9-4-2-3-5-10(9)18-12;/h13H,2-8H2,1H3,(H,14,15,16);1H. The fraction of sp³-hybridized carbons (Fsp3) is 0.667. The predicted molar refractivity (Wildman–Crippen MR) is 79.4 cm³/mol. The number of hydrogen-bond donors (Lipinski definition) is 2. The minimum atomic E-state index is -0.0443. The smallest absolute Gasteiger partial charge is 0.240 e. The molecule has 5 nitrogen and oxygen atoms in total. The quantitative estimate of drug-likeness (QED) is 0.784. The minimum absolute atomic E-state index is 0. The molecule has 0 atom stereocenters. The van der Waals surface area contributed by atoms with Crippen LogP contribution in [-0.4, -0.2) is 37.7 Å². The largest absolute Gasteiger partial charge is 0.383 e. The average molecular weight is 306 g/mol. The number of fused-ring (bicyclic) bond motifs is 1. The molecule has 19 heavy (non-hydrogen) atoms. The maximum absolute atomic E-state index is 11.6. The molecule has 0 saturated heterocycles. The maximum Gasteiger partial charge on any atom is 0.240 e. The van der Waals surface area contributed by atoms with Crippen LogP contribution in [0, 0.1) is 0 Å². The van der Waals surface area contributed by atoms with E-state index in [0.29, 0.717) is 19.7 Å². The van der Waals surface area contributed by atoms with Gasteiger partial charge in [-0.3, -0.25) is 4.79 Å². The highest BCUT2D eigenvalue weighted by Crippen LogP contribution is 2.29. The van der Waals surface area contributed by atoms with Crippen molar-refractivity contribution in [2.24, 2.45) is 0 Å². The number of halogens is 1. The third-order valence-electron chi connectivity index (χ3n) is 2.86. The number of nitrogens with one attached hydrogen (secondary N) is 2. The van der Waals surface area contributed by atoms with Gasteiger partial charge in [0.2, 0.25) is 5.91 Å². The third-order valence-corrected chi connectivity index (χ3v) is 3.93. The van der Waals surface area contributed by atoms with E-state index in [-0.39, 0.29) is 18.3 Å². The van der Waals surface area contributed by atoms with Gasteiger partial charge in [0.15, 0.2) is 5.13 Å². The maximum atomic E-state index is 11.6. The zero-order chi connectivity index (χ0) is 12.8. The topological polar surface area (TPSA) is 63.2 Å². The number of carbonyl (C=O) groups excluding carboxylic acids is 1. The number of rotatable bonds is 6. The van der Waals surface area contributed by atoms with Crippen LogP contribution in [0.4, 0.5) is 5.13 Å². The molecule has 0 aromatic carbocycles. The lowest BCUT2D eigenvalue weighted by Crippen LogP contribution is -2.30. The summed E-state index contributed by atoms with van der Waals surface area (Å²) in [6, 6.07) is 0. The Morgan fingerprint density at radius 1 is 1.42 bits per heavy atom. The molecule has 0 saturated carbocycles. The van der Waals surface area contributed by atoms with Crippen molar-refractivity contribution in [2.45, 2.75) is 25.7 Å². The molecule has 0 bridgehead atoms. The molecule has 0 spiro atoms. The Bertz CT molecular complexity index is 388. The molecule has 0 radical (unpaired) electrons. The summed E-state index contributed by atoms with van der Waals surface area (Å²) in [6.45, 7) is 1.59. The van der Waals surface area contributed by atoms with Crippen LogP contribution < -0.4 is 10.6 Å². The van der Waals surface area contributed by atoms with Crippen LogP contribution in [0.2, 0.25) is 0 Å². The van der Waals surface area contributed by atoms with Crippen LogP contribution in [0.25, 0.3) is 0 Å². The number of methoxy groups -OCH3 is 1. The minimum Gasteiger partial charge on any atom is -0.383 e. The normalized spacial score (nSPS) is 13.5. The van der Waals surface area contributed by atoms with Gasteiger partial charge in [0.25, 0.3) is 0 Å². The Hall–Kier alpha value is -0.690. The predicted octanol–water partition coefficient (Wildman–Crippen LogP) is 1.62. The first kappa shape index (κ1) is 16.4. The van der Waals surface area contributed by atoms with Crippen molar-refractivity contribution in [3.05, 3.63) is 10.6 Å². The molecule has 0 fully saturated rings. The lowest BCUT2D eigenvalue weighted by atomic mass is 10.0. The van der Waals surface area contributed by atoms with E-state index in [0.717, 1.165) is 18.0 Å². The fourth-order valence-electron chi connectivity index (χ4n) is 1.95. The number of ether oxygens (including phenoxy) is 1. The van der Waals surface area contributed by atoms with Gasteiger partial charge >= 0.3 is 0 Å². The van der Waals surface area contributed by atoms with Crippen molar-refractivity contribution < 1.29 is 9.53 Å². The SMILES string of the molecule is COCCNCC(=O)Nc1nc2c(s1)CCCC2.Cl.